The van der Waals surface area contributed by atoms with Gasteiger partial charge in [0.25, 0.3) is 0 Å². The molecule has 0 unspecified atom stereocenters. The van der Waals surface area contributed by atoms with Crippen LogP contribution >= 0.6 is 57.4 Å². The van der Waals surface area contributed by atoms with Crippen molar-refractivity contribution in [3.63, 3.8) is 0 Å². The molecule has 1 aliphatic heterocycles. The SMILES string of the molecule is CC(C)Oc1cc(NC(=O)NCC(F)(F)F)cc(-c2cnc3c(C#N)cccn23)c1.CC(C)Oc1cc(NC(=O)NCC(F)(F)F)cc(B2OC(C)(C)C(C)(C)O2)c1.ClCCl.N#Cc1cccn2c(I)cnc12.N#Cc1cccn2ccnc12.N#Cc1cccnc1N.O=CCCl.[CH3-].[HH].[Pd]. The Morgan fingerprint density at radius 3 is 1.58 bits per heavy atom. The van der Waals surface area contributed by atoms with E-state index in [0.29, 0.717) is 68.2 Å². The molecule has 9 aromatic rings. The molecule has 7 aromatic heterocycles. The topological polar surface area (TPSA) is 322 Å². The first-order valence-corrected chi connectivity index (χ1v) is 31.1. The third-order valence-electron chi connectivity index (χ3n) is 12.6. The van der Waals surface area contributed by atoms with E-state index in [9.17, 15) is 41.2 Å². The number of nitrogens with two attached hydrogens (primary N) is 1. The van der Waals surface area contributed by atoms with Gasteiger partial charge in [-0.3, -0.25) is 8.80 Å². The molecule has 1 saturated heterocycles. The van der Waals surface area contributed by atoms with E-state index >= 15 is 0 Å². The van der Waals surface area contributed by atoms with E-state index < -0.39 is 55.8 Å². The molecule has 0 atom stereocenters. The first kappa shape index (κ1) is 86.1. The maximum absolute atomic E-state index is 12.3. The van der Waals surface area contributed by atoms with Crippen LogP contribution in [-0.2, 0) is 34.5 Å². The fourth-order valence-corrected chi connectivity index (χ4v) is 8.48. The van der Waals surface area contributed by atoms with Crippen LogP contribution in [-0.4, -0.2) is 119 Å². The number of alkyl halides is 9. The molecule has 8 heterocycles. The summed E-state index contributed by atoms with van der Waals surface area (Å²) in [4.78, 5) is 48.9. The second kappa shape index (κ2) is 40.8. The van der Waals surface area contributed by atoms with Crippen molar-refractivity contribution in [2.75, 3.05) is 40.7 Å². The summed E-state index contributed by atoms with van der Waals surface area (Å²) in [5, 5.41) is 43.5. The molecule has 0 aliphatic carbocycles. The molecule has 10 rings (SSSR count). The molecule has 6 N–H and O–H groups in total. The fraction of sp³-hybridized carbons (Fsp3) is 0.281. The molecule has 1 aliphatic rings. The number of imidazole rings is 3. The number of amides is 4. The summed E-state index contributed by atoms with van der Waals surface area (Å²) >= 11 is 16.5. The zero-order valence-corrected chi connectivity index (χ0v) is 60.3. The Balaban J connectivity index is 0.000000647. The Bertz CT molecular complexity index is 4280. The van der Waals surface area contributed by atoms with Crippen molar-refractivity contribution < 1.29 is 81.4 Å². The van der Waals surface area contributed by atoms with Gasteiger partial charge in [-0.25, -0.2) is 29.5 Å². The molecule has 23 nitrogen and oxygen atoms in total. The van der Waals surface area contributed by atoms with Gasteiger partial charge in [0.1, 0.15) is 64.7 Å². The molecule has 35 heteroatoms. The third-order valence-corrected chi connectivity index (χ3v) is 13.6. The summed E-state index contributed by atoms with van der Waals surface area (Å²) in [6.45, 7) is 12.1. The minimum Gasteiger partial charge on any atom is -0.491 e. The van der Waals surface area contributed by atoms with Crippen molar-refractivity contribution in [1.29, 1.82) is 21.0 Å². The molecule has 0 bridgehead atoms. The molecular formula is C64H68BCl3F6IN16O7Pd-. The van der Waals surface area contributed by atoms with Crippen molar-refractivity contribution in [3.05, 3.63) is 168 Å². The number of anilines is 3. The van der Waals surface area contributed by atoms with E-state index in [0.717, 1.165) is 15.0 Å². The Kier molecular flexibility index (Phi) is 35.5. The van der Waals surface area contributed by atoms with Gasteiger partial charge < -0.3 is 62.4 Å². The van der Waals surface area contributed by atoms with Crippen LogP contribution < -0.4 is 41.9 Å². The van der Waals surface area contributed by atoms with Crippen LogP contribution in [0.2, 0.25) is 0 Å². The zero-order valence-electron chi connectivity index (χ0n) is 54.3. The van der Waals surface area contributed by atoms with Crippen molar-refractivity contribution in [2.24, 2.45) is 0 Å². The second-order valence-electron chi connectivity index (χ2n) is 21.1. The number of halogens is 10. The van der Waals surface area contributed by atoms with E-state index in [4.69, 9.17) is 79.9 Å². The predicted molar refractivity (Wildman–Crippen MR) is 373 cm³/mol. The van der Waals surface area contributed by atoms with E-state index in [-0.39, 0.29) is 64.1 Å². The largest absolute Gasteiger partial charge is 0.495 e. The molecule has 0 radical (unpaired) electrons. The Morgan fingerprint density at radius 1 is 0.667 bits per heavy atom. The number of hydrogen-bond donors (Lipinski definition) is 5. The second-order valence-corrected chi connectivity index (χ2v) is 23.4. The number of urea groups is 2. The molecule has 1 fully saturated rings. The van der Waals surface area contributed by atoms with Gasteiger partial charge in [0, 0.05) is 88.1 Å². The maximum atomic E-state index is 12.3. The Labute approximate surface area is 611 Å². The minimum absolute atomic E-state index is 0. The number of hydrogen-bond acceptors (Lipinski definition) is 16. The van der Waals surface area contributed by atoms with Crippen LogP contribution in [0.3, 0.4) is 0 Å². The number of benzene rings is 2. The van der Waals surface area contributed by atoms with Gasteiger partial charge in [-0.15, -0.1) is 34.8 Å². The van der Waals surface area contributed by atoms with E-state index in [1.165, 1.54) is 12.1 Å². The summed E-state index contributed by atoms with van der Waals surface area (Å²) < 4.78 is 104. The number of ether oxygens (including phenoxy) is 2. The number of aldehydes is 1. The summed E-state index contributed by atoms with van der Waals surface area (Å²) in [5.41, 5.74) is 10.4. The van der Waals surface area contributed by atoms with Gasteiger partial charge in [-0.2, -0.15) is 47.4 Å². The Morgan fingerprint density at radius 2 is 1.11 bits per heavy atom. The molecule has 2 aromatic carbocycles. The first-order chi connectivity index (χ1) is 45.8. The van der Waals surface area contributed by atoms with Crippen molar-refractivity contribution >= 4 is 122 Å². The van der Waals surface area contributed by atoms with Gasteiger partial charge in [0.15, 0.2) is 16.9 Å². The number of nitrogens with one attached hydrogen (secondary N) is 4. The van der Waals surface area contributed by atoms with Gasteiger partial charge in [0.05, 0.1) is 75.0 Å². The number of nitriles is 4. The van der Waals surface area contributed by atoms with Gasteiger partial charge >= 0.3 is 31.5 Å². The van der Waals surface area contributed by atoms with Crippen molar-refractivity contribution in [3.8, 4) is 47.0 Å². The van der Waals surface area contributed by atoms with Crippen LogP contribution in [0.5, 0.6) is 11.5 Å². The number of aromatic nitrogens is 7. The average molecular weight is 1640 g/mol. The number of rotatable bonds is 11. The number of nitrogen functional groups attached to an aromatic ring is 1. The van der Waals surface area contributed by atoms with Crippen molar-refractivity contribution in [1.82, 2.24) is 43.8 Å². The van der Waals surface area contributed by atoms with Crippen LogP contribution in [0.1, 0.15) is 79.1 Å². The van der Waals surface area contributed by atoms with Crippen LogP contribution in [0, 0.1) is 56.5 Å². The molecule has 530 valence electrons. The van der Waals surface area contributed by atoms with Gasteiger partial charge in [-0.1, -0.05) is 0 Å². The van der Waals surface area contributed by atoms with Crippen LogP contribution in [0.4, 0.5) is 53.1 Å². The summed E-state index contributed by atoms with van der Waals surface area (Å²) in [5.74, 6) is 1.26. The number of pyridine rings is 4. The van der Waals surface area contributed by atoms with E-state index in [2.05, 4.69) is 71.4 Å². The molecular weight excluding hydrogens is 1570 g/mol. The quantitative estimate of drug-likeness (QED) is 0.0201. The van der Waals surface area contributed by atoms with Crippen molar-refractivity contribution in [2.45, 2.75) is 91.2 Å². The predicted octanol–water partition coefficient (Wildman–Crippen LogP) is 13.9. The van der Waals surface area contributed by atoms with Crippen LogP contribution in [0.15, 0.2) is 135 Å². The Hall–Kier alpha value is -8.94. The maximum Gasteiger partial charge on any atom is 0.495 e. The molecule has 99 heavy (non-hydrogen) atoms. The number of nitrogens with zero attached hydrogens (tertiary/aromatic N) is 11. The summed E-state index contributed by atoms with van der Waals surface area (Å²) in [7, 11) is -0.709. The standard InChI is InChI=1S/C20H18F3N5O2.C18H26BF3N2O4.C8H4IN3.C8H5N3.C6H5N3.C2H3ClO.CH2Cl2.CH3.Pd.H2/c1-12(2)30-16-7-14(6-15(8-16)27-19(29)26-11-20(21,22)23)17-10-25-18-13(9-24)4-3-5-28(17)18;1-11(2)26-14-8-12(19-27-16(3,4)17(5,6)28-19)7-13(9-14)24-15(25)23-10-18(20,21)22;9-7-5-11-8-6(4-10)2-1-3-12(7)8;9-6-7-2-1-4-11-5-3-10-8(7)11;7-4-5-2-1-3-9-6(5)8;3-1-2-4;2-1-3;;;/h3-8,10,12H,11H2,1-2H3,(H2,26,27,29);7-9,11H,10H2,1-6H3,(H2,23,24,25);1-3,5H;1-5H;1-3H,(H2,8,9);2H,1H2;1H2;1H3;;1H/q;;;;;;;-1;;. The van der Waals surface area contributed by atoms with Gasteiger partial charge in [0.2, 0.25) is 0 Å². The summed E-state index contributed by atoms with van der Waals surface area (Å²) in [6.07, 6.45) is 5.18. The van der Waals surface area contributed by atoms with E-state index in [1.54, 1.807) is 107 Å². The number of fused-ring (bicyclic) bond motifs is 3. The minimum atomic E-state index is -4.51. The van der Waals surface area contributed by atoms with Gasteiger partial charge in [-0.05, 0) is 156 Å². The normalized spacial score (nSPS) is 12.1. The molecule has 0 saturated carbocycles. The number of carbonyl (C=O) groups is 3. The average Bonchev–Trinajstić information content (AvgIpc) is 1.62. The zero-order chi connectivity index (χ0) is 72.3. The third kappa shape index (κ3) is 27.7. The van der Waals surface area contributed by atoms with Crippen LogP contribution in [0.25, 0.3) is 28.2 Å². The fourth-order valence-electron chi connectivity index (χ4n) is 7.95. The molecule has 0 spiro atoms. The number of carbonyl (C=O) groups excluding carboxylic acids is 3. The smallest absolute Gasteiger partial charge is 0.491 e. The first-order valence-electron chi connectivity index (χ1n) is 28.4. The monoisotopic (exact) mass is 1640 g/mol. The van der Waals surface area contributed by atoms with E-state index in [1.807, 2.05) is 101 Å². The summed E-state index contributed by atoms with van der Waals surface area (Å²) in [6, 6.07) is 29.7. The molecule has 4 amide bonds.